The van der Waals surface area contributed by atoms with Crippen LogP contribution < -0.4 is 5.32 Å². The molecule has 3 nitrogen and oxygen atoms in total. The Kier molecular flexibility index (Phi) is 4.61. The lowest BCUT2D eigenvalue weighted by Crippen LogP contribution is -2.01. The van der Waals surface area contributed by atoms with Crippen molar-refractivity contribution in [3.63, 3.8) is 0 Å². The van der Waals surface area contributed by atoms with Crippen molar-refractivity contribution in [2.75, 3.05) is 12.4 Å². The molecule has 0 aliphatic carbocycles. The molecule has 1 aromatic heterocycles. The quantitative estimate of drug-likeness (QED) is 0.895. The maximum Gasteiger partial charge on any atom is 0.263 e. The van der Waals surface area contributed by atoms with Gasteiger partial charge < -0.3 is 5.32 Å². The van der Waals surface area contributed by atoms with Crippen molar-refractivity contribution in [1.82, 2.24) is 9.97 Å². The van der Waals surface area contributed by atoms with E-state index in [2.05, 4.69) is 22.2 Å². The highest BCUT2D eigenvalue weighted by Gasteiger charge is 2.11. The Bertz CT molecular complexity index is 585. The minimum atomic E-state index is -2.49. The summed E-state index contributed by atoms with van der Waals surface area (Å²) in [5.74, 6) is 1.17. The van der Waals surface area contributed by atoms with E-state index in [0.717, 1.165) is 18.5 Å². The predicted octanol–water partition coefficient (Wildman–Crippen LogP) is 4.08. The number of alkyl halides is 2. The molecule has 1 aromatic carbocycles. The molecule has 2 aromatic rings. The Balaban J connectivity index is 2.45. The zero-order chi connectivity index (χ0) is 14.5. The van der Waals surface area contributed by atoms with Gasteiger partial charge in [-0.1, -0.05) is 31.5 Å². The van der Waals surface area contributed by atoms with Crippen molar-refractivity contribution in [2.24, 2.45) is 0 Å². The zero-order valence-corrected chi connectivity index (χ0v) is 11.5. The molecule has 1 heterocycles. The summed E-state index contributed by atoms with van der Waals surface area (Å²) in [5.41, 5.74) is 1.50. The molecule has 20 heavy (non-hydrogen) atoms. The Morgan fingerprint density at radius 2 is 2.00 bits per heavy atom. The van der Waals surface area contributed by atoms with E-state index in [-0.39, 0.29) is 5.56 Å². The van der Waals surface area contributed by atoms with Crippen LogP contribution in [0, 0.1) is 0 Å². The number of nitrogens with one attached hydrogen (secondary N) is 1. The number of aromatic nitrogens is 2. The van der Waals surface area contributed by atoms with Gasteiger partial charge in [0, 0.05) is 29.9 Å². The standard InChI is InChI=1S/C15H17F2N3/c1-3-5-12-9-13(18-2)20-15(19-12)11-7-4-6-10(8-11)14(16)17/h4,6-9,14H,3,5H2,1-2H3,(H,18,19,20). The average Bonchev–Trinajstić information content (AvgIpc) is 2.47. The van der Waals surface area contributed by atoms with Crippen LogP contribution in [0.2, 0.25) is 0 Å². The summed E-state index contributed by atoms with van der Waals surface area (Å²) in [6.45, 7) is 2.07. The predicted molar refractivity (Wildman–Crippen MR) is 76.0 cm³/mol. The molecule has 0 spiro atoms. The van der Waals surface area contributed by atoms with Gasteiger partial charge in [0.15, 0.2) is 5.82 Å². The van der Waals surface area contributed by atoms with E-state index in [1.54, 1.807) is 19.2 Å². The van der Waals surface area contributed by atoms with Crippen LogP contribution in [0.3, 0.4) is 0 Å². The molecule has 106 valence electrons. The highest BCUT2D eigenvalue weighted by atomic mass is 19.3. The Morgan fingerprint density at radius 1 is 1.20 bits per heavy atom. The minimum absolute atomic E-state index is 0.0157. The lowest BCUT2D eigenvalue weighted by Gasteiger charge is -2.08. The highest BCUT2D eigenvalue weighted by Crippen LogP contribution is 2.24. The summed E-state index contributed by atoms with van der Waals surface area (Å²) in [6.07, 6.45) is -0.687. The monoisotopic (exact) mass is 277 g/mol. The van der Waals surface area contributed by atoms with Gasteiger partial charge in [-0.3, -0.25) is 0 Å². The van der Waals surface area contributed by atoms with Crippen molar-refractivity contribution in [3.8, 4) is 11.4 Å². The van der Waals surface area contributed by atoms with Crippen LogP contribution in [0.25, 0.3) is 11.4 Å². The first-order valence-corrected chi connectivity index (χ1v) is 6.58. The third-order valence-corrected chi connectivity index (χ3v) is 2.94. The topological polar surface area (TPSA) is 37.8 Å². The summed E-state index contributed by atoms with van der Waals surface area (Å²) in [7, 11) is 1.78. The first kappa shape index (κ1) is 14.4. The molecule has 0 aliphatic heterocycles. The Labute approximate surface area is 117 Å². The molecule has 0 unspecified atom stereocenters. The molecule has 0 bridgehead atoms. The molecule has 1 N–H and O–H groups in total. The maximum atomic E-state index is 12.8. The fourth-order valence-electron chi connectivity index (χ4n) is 1.95. The third kappa shape index (κ3) is 3.29. The fourth-order valence-corrected chi connectivity index (χ4v) is 1.95. The number of halogens is 2. The van der Waals surface area contributed by atoms with Crippen LogP contribution >= 0.6 is 0 Å². The number of benzene rings is 1. The number of aryl methyl sites for hydroxylation is 1. The lowest BCUT2D eigenvalue weighted by atomic mass is 10.1. The third-order valence-electron chi connectivity index (χ3n) is 2.94. The van der Waals surface area contributed by atoms with Crippen LogP contribution in [-0.2, 0) is 6.42 Å². The van der Waals surface area contributed by atoms with Crippen LogP contribution in [0.4, 0.5) is 14.6 Å². The van der Waals surface area contributed by atoms with Gasteiger partial charge in [0.05, 0.1) is 0 Å². The van der Waals surface area contributed by atoms with Gasteiger partial charge in [0.25, 0.3) is 6.43 Å². The van der Waals surface area contributed by atoms with Crippen molar-refractivity contribution in [3.05, 3.63) is 41.6 Å². The molecule has 0 aliphatic rings. The average molecular weight is 277 g/mol. The molecule has 5 heteroatoms. The highest BCUT2D eigenvalue weighted by molar-refractivity contribution is 5.58. The number of hydrogen-bond acceptors (Lipinski definition) is 3. The minimum Gasteiger partial charge on any atom is -0.373 e. The number of nitrogens with zero attached hydrogens (tertiary/aromatic N) is 2. The second-order valence-corrected chi connectivity index (χ2v) is 4.49. The number of rotatable bonds is 5. The van der Waals surface area contributed by atoms with E-state index < -0.39 is 6.43 Å². The van der Waals surface area contributed by atoms with E-state index in [1.807, 2.05) is 6.07 Å². The van der Waals surface area contributed by atoms with Gasteiger partial charge in [-0.15, -0.1) is 0 Å². The SMILES string of the molecule is CCCc1cc(NC)nc(-c2cccc(C(F)F)c2)n1. The van der Waals surface area contributed by atoms with Crippen molar-refractivity contribution < 1.29 is 8.78 Å². The fraction of sp³-hybridized carbons (Fsp3) is 0.333. The molecule has 0 amide bonds. The summed E-state index contributed by atoms with van der Waals surface area (Å²) < 4.78 is 25.5. The first-order chi connectivity index (χ1) is 9.63. The summed E-state index contributed by atoms with van der Waals surface area (Å²) in [6, 6.07) is 8.07. The van der Waals surface area contributed by atoms with E-state index in [1.165, 1.54) is 12.1 Å². The van der Waals surface area contributed by atoms with Crippen molar-refractivity contribution in [1.29, 1.82) is 0 Å². The molecule has 0 fully saturated rings. The second kappa shape index (κ2) is 6.41. The Hall–Kier alpha value is -2.04. The second-order valence-electron chi connectivity index (χ2n) is 4.49. The molecule has 0 saturated heterocycles. The molecular formula is C15H17F2N3. The molecule has 0 saturated carbocycles. The van der Waals surface area contributed by atoms with Crippen molar-refractivity contribution >= 4 is 5.82 Å². The number of anilines is 1. The summed E-state index contributed by atoms with van der Waals surface area (Å²) >= 11 is 0. The van der Waals surface area contributed by atoms with Gasteiger partial charge in [-0.2, -0.15) is 0 Å². The summed E-state index contributed by atoms with van der Waals surface area (Å²) in [4.78, 5) is 8.78. The summed E-state index contributed by atoms with van der Waals surface area (Å²) in [5, 5.41) is 2.97. The van der Waals surface area contributed by atoms with E-state index in [4.69, 9.17) is 0 Å². The molecular weight excluding hydrogens is 260 g/mol. The van der Waals surface area contributed by atoms with Crippen LogP contribution in [-0.4, -0.2) is 17.0 Å². The largest absolute Gasteiger partial charge is 0.373 e. The molecule has 0 atom stereocenters. The van der Waals surface area contributed by atoms with Crippen molar-refractivity contribution in [2.45, 2.75) is 26.2 Å². The first-order valence-electron chi connectivity index (χ1n) is 6.58. The van der Waals surface area contributed by atoms with Crippen LogP contribution in [0.15, 0.2) is 30.3 Å². The normalized spacial score (nSPS) is 10.8. The lowest BCUT2D eigenvalue weighted by molar-refractivity contribution is 0.151. The number of hydrogen-bond donors (Lipinski definition) is 1. The molecule has 2 rings (SSSR count). The van der Waals surface area contributed by atoms with Gasteiger partial charge in [-0.25, -0.2) is 18.7 Å². The molecule has 0 radical (unpaired) electrons. The van der Waals surface area contributed by atoms with Gasteiger partial charge in [-0.05, 0) is 12.5 Å². The van der Waals surface area contributed by atoms with E-state index >= 15 is 0 Å². The van der Waals surface area contributed by atoms with Crippen LogP contribution in [0.5, 0.6) is 0 Å². The Morgan fingerprint density at radius 3 is 2.65 bits per heavy atom. The van der Waals surface area contributed by atoms with E-state index in [9.17, 15) is 8.78 Å². The van der Waals surface area contributed by atoms with Crippen LogP contribution in [0.1, 0.15) is 31.0 Å². The smallest absolute Gasteiger partial charge is 0.263 e. The zero-order valence-electron chi connectivity index (χ0n) is 11.5. The van der Waals surface area contributed by atoms with Gasteiger partial charge in [0.1, 0.15) is 5.82 Å². The van der Waals surface area contributed by atoms with Gasteiger partial charge in [0.2, 0.25) is 0 Å². The maximum absolute atomic E-state index is 12.8. The van der Waals surface area contributed by atoms with E-state index in [0.29, 0.717) is 17.2 Å². The van der Waals surface area contributed by atoms with Gasteiger partial charge >= 0.3 is 0 Å².